The van der Waals surface area contributed by atoms with Crippen molar-refractivity contribution in [3.63, 3.8) is 0 Å². The van der Waals surface area contributed by atoms with E-state index < -0.39 is 5.97 Å². The van der Waals surface area contributed by atoms with Crippen LogP contribution < -0.4 is 5.32 Å². The predicted octanol–water partition coefficient (Wildman–Crippen LogP) is 3.35. The molecule has 0 fully saturated rings. The molecule has 0 saturated heterocycles. The Morgan fingerprint density at radius 1 is 1.09 bits per heavy atom. The molecule has 0 aliphatic carbocycles. The molecule has 0 aliphatic rings. The van der Waals surface area contributed by atoms with E-state index in [9.17, 15) is 9.59 Å². The van der Waals surface area contributed by atoms with Gasteiger partial charge in [-0.25, -0.2) is 4.79 Å². The highest BCUT2D eigenvalue weighted by atomic mass is 16.5. The van der Waals surface area contributed by atoms with Gasteiger partial charge in [-0.1, -0.05) is 35.9 Å². The molecule has 0 aromatic heterocycles. The van der Waals surface area contributed by atoms with Crippen LogP contribution in [0.2, 0.25) is 0 Å². The van der Waals surface area contributed by atoms with Crippen LogP contribution in [0.5, 0.6) is 0 Å². The van der Waals surface area contributed by atoms with Crippen LogP contribution in [0.1, 0.15) is 27.9 Å². The zero-order chi connectivity index (χ0) is 15.9. The number of benzene rings is 2. The van der Waals surface area contributed by atoms with Gasteiger partial charge in [0.2, 0.25) is 5.91 Å². The van der Waals surface area contributed by atoms with Gasteiger partial charge in [0.1, 0.15) is 0 Å². The number of esters is 1. The van der Waals surface area contributed by atoms with Crippen LogP contribution in [0.3, 0.4) is 0 Å². The lowest BCUT2D eigenvalue weighted by Crippen LogP contribution is -2.13. The van der Waals surface area contributed by atoms with Crippen molar-refractivity contribution in [3.8, 4) is 0 Å². The molecule has 1 N–H and O–H groups in total. The average molecular weight is 297 g/mol. The van der Waals surface area contributed by atoms with Gasteiger partial charge in [0.25, 0.3) is 0 Å². The molecule has 22 heavy (non-hydrogen) atoms. The Kier molecular flexibility index (Phi) is 5.31. The highest BCUT2D eigenvalue weighted by Gasteiger charge is 2.08. The SMILES string of the molecule is COC(=O)c1cccc(NC(=O)CCc2ccc(C)cc2)c1. The molecule has 114 valence electrons. The van der Waals surface area contributed by atoms with E-state index in [1.807, 2.05) is 31.2 Å². The second-order valence-corrected chi connectivity index (χ2v) is 5.11. The van der Waals surface area contributed by atoms with Crippen LogP contribution in [-0.4, -0.2) is 19.0 Å². The molecule has 2 rings (SSSR count). The first kappa shape index (κ1) is 15.8. The predicted molar refractivity (Wildman–Crippen MR) is 85.9 cm³/mol. The summed E-state index contributed by atoms with van der Waals surface area (Å²) in [6.45, 7) is 2.03. The Labute approximate surface area is 130 Å². The summed E-state index contributed by atoms with van der Waals surface area (Å²) in [5.41, 5.74) is 3.34. The Balaban J connectivity index is 1.91. The third kappa shape index (κ3) is 4.45. The van der Waals surface area contributed by atoms with Crippen molar-refractivity contribution < 1.29 is 14.3 Å². The fourth-order valence-electron chi connectivity index (χ4n) is 2.08. The average Bonchev–Trinajstić information content (AvgIpc) is 2.54. The van der Waals surface area contributed by atoms with E-state index >= 15 is 0 Å². The zero-order valence-corrected chi connectivity index (χ0v) is 12.8. The summed E-state index contributed by atoms with van der Waals surface area (Å²) in [6.07, 6.45) is 1.08. The number of nitrogens with one attached hydrogen (secondary N) is 1. The summed E-state index contributed by atoms with van der Waals surface area (Å²) in [7, 11) is 1.33. The van der Waals surface area contributed by atoms with Crippen molar-refractivity contribution in [2.24, 2.45) is 0 Å². The lowest BCUT2D eigenvalue weighted by Gasteiger charge is -2.07. The van der Waals surface area contributed by atoms with E-state index in [1.54, 1.807) is 24.3 Å². The number of methoxy groups -OCH3 is 1. The molecule has 4 nitrogen and oxygen atoms in total. The Morgan fingerprint density at radius 3 is 2.50 bits per heavy atom. The number of carbonyl (C=O) groups is 2. The largest absolute Gasteiger partial charge is 0.465 e. The van der Waals surface area contributed by atoms with Gasteiger partial charge < -0.3 is 10.1 Å². The van der Waals surface area contributed by atoms with Gasteiger partial charge >= 0.3 is 5.97 Å². The topological polar surface area (TPSA) is 55.4 Å². The minimum atomic E-state index is -0.421. The Hall–Kier alpha value is -2.62. The molecule has 4 heteroatoms. The third-order valence-corrected chi connectivity index (χ3v) is 3.33. The lowest BCUT2D eigenvalue weighted by atomic mass is 10.1. The van der Waals surface area contributed by atoms with Crippen LogP contribution in [-0.2, 0) is 16.0 Å². The standard InChI is InChI=1S/C18H19NO3/c1-13-6-8-14(9-7-13)10-11-17(20)19-16-5-3-4-15(12-16)18(21)22-2/h3-9,12H,10-11H2,1-2H3,(H,19,20). The van der Waals surface area contributed by atoms with Crippen molar-refractivity contribution in [1.29, 1.82) is 0 Å². The number of carbonyl (C=O) groups excluding carboxylic acids is 2. The smallest absolute Gasteiger partial charge is 0.337 e. The molecule has 0 heterocycles. The number of ether oxygens (including phenoxy) is 1. The quantitative estimate of drug-likeness (QED) is 0.861. The first-order valence-electron chi connectivity index (χ1n) is 7.12. The van der Waals surface area contributed by atoms with Crippen LogP contribution >= 0.6 is 0 Å². The monoisotopic (exact) mass is 297 g/mol. The lowest BCUT2D eigenvalue weighted by molar-refractivity contribution is -0.116. The Morgan fingerprint density at radius 2 is 1.82 bits per heavy atom. The van der Waals surface area contributed by atoms with E-state index in [2.05, 4.69) is 10.1 Å². The number of hydrogen-bond donors (Lipinski definition) is 1. The maximum atomic E-state index is 12.0. The van der Waals surface area contributed by atoms with Crippen molar-refractivity contribution in [3.05, 3.63) is 65.2 Å². The van der Waals surface area contributed by atoms with E-state index in [4.69, 9.17) is 0 Å². The summed E-state index contributed by atoms with van der Waals surface area (Å²) < 4.78 is 4.66. The molecule has 2 aromatic rings. The number of amides is 1. The number of hydrogen-bond acceptors (Lipinski definition) is 3. The minimum absolute atomic E-state index is 0.0809. The van der Waals surface area contributed by atoms with Gasteiger partial charge in [-0.2, -0.15) is 0 Å². The minimum Gasteiger partial charge on any atom is -0.465 e. The van der Waals surface area contributed by atoms with Crippen molar-refractivity contribution in [2.75, 3.05) is 12.4 Å². The molecule has 0 bridgehead atoms. The normalized spacial score (nSPS) is 10.1. The second kappa shape index (κ2) is 7.41. The molecule has 0 saturated carbocycles. The van der Waals surface area contributed by atoms with Crippen molar-refractivity contribution in [2.45, 2.75) is 19.8 Å². The van der Waals surface area contributed by atoms with Crippen molar-refractivity contribution in [1.82, 2.24) is 0 Å². The maximum Gasteiger partial charge on any atom is 0.337 e. The molecule has 0 aliphatic heterocycles. The third-order valence-electron chi connectivity index (χ3n) is 3.33. The molecule has 2 aromatic carbocycles. The van der Waals surface area contributed by atoms with E-state index in [0.717, 1.165) is 5.56 Å². The van der Waals surface area contributed by atoms with Gasteiger partial charge in [0.05, 0.1) is 12.7 Å². The fourth-order valence-corrected chi connectivity index (χ4v) is 2.08. The van der Waals surface area contributed by atoms with E-state index in [-0.39, 0.29) is 5.91 Å². The van der Waals surface area contributed by atoms with Crippen LogP contribution in [0.15, 0.2) is 48.5 Å². The highest BCUT2D eigenvalue weighted by molar-refractivity contribution is 5.94. The molecule has 0 spiro atoms. The molecule has 0 radical (unpaired) electrons. The second-order valence-electron chi connectivity index (χ2n) is 5.11. The van der Waals surface area contributed by atoms with E-state index in [1.165, 1.54) is 12.7 Å². The number of aryl methyl sites for hydroxylation is 2. The molecular weight excluding hydrogens is 278 g/mol. The summed E-state index contributed by atoms with van der Waals surface area (Å²) >= 11 is 0. The van der Waals surface area contributed by atoms with Crippen LogP contribution in [0.25, 0.3) is 0 Å². The first-order valence-corrected chi connectivity index (χ1v) is 7.12. The fraction of sp³-hybridized carbons (Fsp3) is 0.222. The molecule has 0 unspecified atom stereocenters. The summed E-state index contributed by atoms with van der Waals surface area (Å²) in [5, 5.41) is 2.80. The maximum absolute atomic E-state index is 12.0. The van der Waals surface area contributed by atoms with Gasteiger partial charge in [-0.05, 0) is 37.1 Å². The van der Waals surface area contributed by atoms with Gasteiger partial charge in [0.15, 0.2) is 0 Å². The van der Waals surface area contributed by atoms with Gasteiger partial charge in [-0.15, -0.1) is 0 Å². The van der Waals surface area contributed by atoms with Crippen LogP contribution in [0, 0.1) is 6.92 Å². The zero-order valence-electron chi connectivity index (χ0n) is 12.8. The van der Waals surface area contributed by atoms with Gasteiger partial charge in [-0.3, -0.25) is 4.79 Å². The molecular formula is C18H19NO3. The highest BCUT2D eigenvalue weighted by Crippen LogP contribution is 2.13. The number of rotatable bonds is 5. The summed E-state index contributed by atoms with van der Waals surface area (Å²) in [5.74, 6) is -0.502. The number of anilines is 1. The summed E-state index contributed by atoms with van der Waals surface area (Å²) in [4.78, 5) is 23.4. The molecule has 1 amide bonds. The van der Waals surface area contributed by atoms with Gasteiger partial charge in [0, 0.05) is 12.1 Å². The van der Waals surface area contributed by atoms with Crippen molar-refractivity contribution >= 4 is 17.6 Å². The van der Waals surface area contributed by atoms with E-state index in [0.29, 0.717) is 24.1 Å². The van der Waals surface area contributed by atoms with Crippen LogP contribution in [0.4, 0.5) is 5.69 Å². The Bertz CT molecular complexity index is 662. The summed E-state index contributed by atoms with van der Waals surface area (Å²) in [6, 6.07) is 14.8. The first-order chi connectivity index (χ1) is 10.6. The molecule has 0 atom stereocenters.